The minimum Gasteiger partial charge on any atom is -0.324 e. The number of nitrogens with zero attached hydrogens (tertiary/aromatic N) is 3. The average Bonchev–Trinajstić information content (AvgIpc) is 2.98. The molecule has 0 bridgehead atoms. The van der Waals surface area contributed by atoms with Crippen LogP contribution >= 0.6 is 11.3 Å². The van der Waals surface area contributed by atoms with Gasteiger partial charge in [-0.05, 0) is 67.9 Å². The van der Waals surface area contributed by atoms with Crippen molar-refractivity contribution in [2.75, 3.05) is 5.32 Å². The molecule has 2 heterocycles. The van der Waals surface area contributed by atoms with Gasteiger partial charge in [-0.25, -0.2) is 4.68 Å². The van der Waals surface area contributed by atoms with E-state index in [1.807, 2.05) is 32.0 Å². The number of nitrogens with one attached hydrogen (secondary N) is 1. The molecule has 0 unspecified atom stereocenters. The van der Waals surface area contributed by atoms with Gasteiger partial charge in [0.1, 0.15) is 6.54 Å². The zero-order chi connectivity index (χ0) is 19.1. The highest BCUT2D eigenvalue weighted by atomic mass is 32.1. The second-order valence-electron chi connectivity index (χ2n) is 7.43. The van der Waals surface area contributed by atoms with Crippen LogP contribution in [0.1, 0.15) is 34.9 Å². The Hall–Kier alpha value is -2.54. The van der Waals surface area contributed by atoms with Crippen LogP contribution < -0.4 is 10.9 Å². The minimum atomic E-state index is -0.285. The fourth-order valence-corrected chi connectivity index (χ4v) is 4.87. The maximum absolute atomic E-state index is 12.9. The standard InChI is InChI=1S/C20H22N4O2S/c1-11-4-7-15-16(8-11)27-19-18(15)20(26)24(23-22-19)10-17(25)21-14-6-5-12(2)13(3)9-14/h5-6,9,11H,4,7-8,10H2,1-3H3,(H,21,25)/t11-/m0/s1. The maximum atomic E-state index is 12.9. The van der Waals surface area contributed by atoms with Gasteiger partial charge in [0.2, 0.25) is 5.91 Å². The molecule has 0 radical (unpaired) electrons. The van der Waals surface area contributed by atoms with E-state index < -0.39 is 0 Å². The third-order valence-electron chi connectivity index (χ3n) is 5.27. The van der Waals surface area contributed by atoms with Crippen LogP contribution in [-0.4, -0.2) is 20.9 Å². The molecule has 1 N–H and O–H groups in total. The Bertz CT molecular complexity index is 1100. The third-order valence-corrected chi connectivity index (χ3v) is 6.41. The number of benzene rings is 1. The van der Waals surface area contributed by atoms with Crippen molar-refractivity contribution in [1.29, 1.82) is 0 Å². The van der Waals surface area contributed by atoms with Crippen LogP contribution in [0.4, 0.5) is 5.69 Å². The van der Waals surface area contributed by atoms with E-state index in [0.29, 0.717) is 21.8 Å². The number of carbonyl (C=O) groups is 1. The monoisotopic (exact) mass is 382 g/mol. The van der Waals surface area contributed by atoms with Crippen LogP contribution in [0, 0.1) is 19.8 Å². The number of thiophene rings is 1. The van der Waals surface area contributed by atoms with E-state index in [1.54, 1.807) is 11.3 Å². The molecule has 0 saturated carbocycles. The van der Waals surface area contributed by atoms with Crippen molar-refractivity contribution in [3.63, 3.8) is 0 Å². The lowest BCUT2D eigenvalue weighted by Gasteiger charge is -2.17. The second-order valence-corrected chi connectivity index (χ2v) is 8.51. The molecule has 1 aliphatic carbocycles. The van der Waals surface area contributed by atoms with Crippen LogP contribution in [0.2, 0.25) is 0 Å². The van der Waals surface area contributed by atoms with E-state index in [0.717, 1.165) is 36.0 Å². The third kappa shape index (κ3) is 3.39. The molecule has 7 heteroatoms. The van der Waals surface area contributed by atoms with Gasteiger partial charge in [0.15, 0.2) is 4.83 Å². The number of aromatic nitrogens is 3. The van der Waals surface area contributed by atoms with Gasteiger partial charge < -0.3 is 5.32 Å². The maximum Gasteiger partial charge on any atom is 0.279 e. The summed E-state index contributed by atoms with van der Waals surface area (Å²) >= 11 is 1.56. The summed E-state index contributed by atoms with van der Waals surface area (Å²) in [7, 11) is 0. The molecule has 2 aromatic heterocycles. The normalized spacial score (nSPS) is 16.3. The van der Waals surface area contributed by atoms with E-state index in [2.05, 4.69) is 22.6 Å². The summed E-state index contributed by atoms with van der Waals surface area (Å²) in [5.74, 6) is 0.344. The molecule has 0 fully saturated rings. The van der Waals surface area contributed by atoms with Crippen molar-refractivity contribution in [3.05, 3.63) is 50.1 Å². The molecular formula is C20H22N4O2S. The van der Waals surface area contributed by atoms with E-state index in [-0.39, 0.29) is 18.0 Å². The molecule has 3 aromatic rings. The molecule has 1 atom stereocenters. The summed E-state index contributed by atoms with van der Waals surface area (Å²) in [4.78, 5) is 27.2. The Kier molecular flexibility index (Phi) is 4.55. The first-order chi connectivity index (χ1) is 12.9. The lowest BCUT2D eigenvalue weighted by Crippen LogP contribution is -2.30. The number of rotatable bonds is 3. The minimum absolute atomic E-state index is 0.143. The lowest BCUT2D eigenvalue weighted by atomic mass is 9.89. The van der Waals surface area contributed by atoms with E-state index in [1.165, 1.54) is 9.56 Å². The summed E-state index contributed by atoms with van der Waals surface area (Å²) in [6, 6.07) is 5.73. The largest absolute Gasteiger partial charge is 0.324 e. The molecular weight excluding hydrogens is 360 g/mol. The fourth-order valence-electron chi connectivity index (χ4n) is 3.55. The Morgan fingerprint density at radius 1 is 1.33 bits per heavy atom. The topological polar surface area (TPSA) is 76.9 Å². The Morgan fingerprint density at radius 3 is 2.93 bits per heavy atom. The number of hydrogen-bond acceptors (Lipinski definition) is 5. The highest BCUT2D eigenvalue weighted by Crippen LogP contribution is 2.35. The van der Waals surface area contributed by atoms with Crippen molar-refractivity contribution in [3.8, 4) is 0 Å². The van der Waals surface area contributed by atoms with E-state index in [9.17, 15) is 9.59 Å². The molecule has 1 aliphatic rings. The molecule has 0 saturated heterocycles. The molecule has 6 nitrogen and oxygen atoms in total. The first kappa shape index (κ1) is 17.9. The molecule has 1 amide bonds. The number of aryl methyl sites for hydroxylation is 3. The molecule has 4 rings (SSSR count). The van der Waals surface area contributed by atoms with Crippen molar-refractivity contribution in [2.45, 2.75) is 46.6 Å². The van der Waals surface area contributed by atoms with Gasteiger partial charge in [0, 0.05) is 10.6 Å². The highest BCUT2D eigenvalue weighted by Gasteiger charge is 2.24. The van der Waals surface area contributed by atoms with Crippen LogP contribution in [0.3, 0.4) is 0 Å². The van der Waals surface area contributed by atoms with Gasteiger partial charge in [-0.15, -0.1) is 16.4 Å². The average molecular weight is 382 g/mol. The zero-order valence-electron chi connectivity index (χ0n) is 15.7. The van der Waals surface area contributed by atoms with Gasteiger partial charge in [0.25, 0.3) is 5.56 Å². The predicted molar refractivity (Wildman–Crippen MR) is 107 cm³/mol. The van der Waals surface area contributed by atoms with Crippen molar-refractivity contribution in [2.24, 2.45) is 5.92 Å². The van der Waals surface area contributed by atoms with Crippen LogP contribution in [0.5, 0.6) is 0 Å². The van der Waals surface area contributed by atoms with Crippen molar-refractivity contribution in [1.82, 2.24) is 15.0 Å². The summed E-state index contributed by atoms with van der Waals surface area (Å²) in [6.07, 6.45) is 2.96. The van der Waals surface area contributed by atoms with E-state index in [4.69, 9.17) is 0 Å². The summed E-state index contributed by atoms with van der Waals surface area (Å²) in [6.45, 7) is 6.10. The van der Waals surface area contributed by atoms with Crippen LogP contribution in [-0.2, 0) is 24.2 Å². The molecule has 27 heavy (non-hydrogen) atoms. The molecule has 0 spiro atoms. The van der Waals surface area contributed by atoms with E-state index >= 15 is 0 Å². The predicted octanol–water partition coefficient (Wildman–Crippen LogP) is 3.23. The smallest absolute Gasteiger partial charge is 0.279 e. The SMILES string of the molecule is Cc1ccc(NC(=O)Cn2nnc3sc4c(c3c2=O)CC[C@H](C)C4)cc1C. The Balaban J connectivity index is 1.60. The summed E-state index contributed by atoms with van der Waals surface area (Å²) < 4.78 is 1.17. The highest BCUT2D eigenvalue weighted by molar-refractivity contribution is 7.18. The Labute approximate surface area is 161 Å². The first-order valence-corrected chi connectivity index (χ1v) is 9.99. The van der Waals surface area contributed by atoms with Crippen LogP contribution in [0.15, 0.2) is 23.0 Å². The summed E-state index contributed by atoms with van der Waals surface area (Å²) in [5, 5.41) is 11.7. The molecule has 1 aromatic carbocycles. The van der Waals surface area contributed by atoms with Gasteiger partial charge in [0.05, 0.1) is 5.39 Å². The zero-order valence-corrected chi connectivity index (χ0v) is 16.5. The number of hydrogen-bond donors (Lipinski definition) is 1. The molecule has 0 aliphatic heterocycles. The van der Waals surface area contributed by atoms with Gasteiger partial charge in [-0.3, -0.25) is 9.59 Å². The van der Waals surface area contributed by atoms with Gasteiger partial charge in [-0.1, -0.05) is 18.2 Å². The van der Waals surface area contributed by atoms with Crippen molar-refractivity contribution < 1.29 is 4.79 Å². The summed E-state index contributed by atoms with van der Waals surface area (Å²) in [5.41, 5.74) is 3.87. The number of anilines is 1. The first-order valence-electron chi connectivity index (χ1n) is 9.17. The van der Waals surface area contributed by atoms with Crippen molar-refractivity contribution >= 4 is 33.1 Å². The number of amides is 1. The van der Waals surface area contributed by atoms with Crippen LogP contribution in [0.25, 0.3) is 10.2 Å². The lowest BCUT2D eigenvalue weighted by molar-refractivity contribution is -0.117. The van der Waals surface area contributed by atoms with Gasteiger partial charge >= 0.3 is 0 Å². The number of carbonyl (C=O) groups excluding carboxylic acids is 1. The quantitative estimate of drug-likeness (QED) is 0.754. The van der Waals surface area contributed by atoms with Gasteiger partial charge in [-0.2, -0.15) is 0 Å². The number of fused-ring (bicyclic) bond motifs is 3. The molecule has 140 valence electrons. The fraction of sp³-hybridized carbons (Fsp3) is 0.400. The Morgan fingerprint density at radius 2 is 2.15 bits per heavy atom. The second kappa shape index (κ2) is 6.88.